The molecule has 1 aromatic carbocycles. The Labute approximate surface area is 124 Å². The Bertz CT molecular complexity index is 711. The number of hydrogen-bond donors (Lipinski definition) is 1. The van der Waals surface area contributed by atoms with Gasteiger partial charge in [0.1, 0.15) is 5.75 Å². The summed E-state index contributed by atoms with van der Waals surface area (Å²) in [5.74, 6) is -1.24. The average Bonchev–Trinajstić information content (AvgIpc) is 2.91. The highest BCUT2D eigenvalue weighted by atomic mass is 35.5. The molecule has 7 heteroatoms. The number of aliphatic carboxylic acids is 1. The summed E-state index contributed by atoms with van der Waals surface area (Å²) in [6.07, 6.45) is 0.172. The topological polar surface area (TPSA) is 80.0 Å². The van der Waals surface area contributed by atoms with E-state index < -0.39 is 18.0 Å². The van der Waals surface area contributed by atoms with Crippen LogP contribution in [0.4, 0.5) is 5.69 Å². The summed E-state index contributed by atoms with van der Waals surface area (Å²) < 4.78 is 10.3. The second-order valence-corrected chi connectivity index (χ2v) is 4.78. The monoisotopic (exact) mass is 307 g/mol. The van der Waals surface area contributed by atoms with Crippen molar-refractivity contribution in [3.63, 3.8) is 0 Å². The largest absolute Gasteiger partial charge is 0.478 e. The normalized spacial score (nSPS) is 17.0. The lowest BCUT2D eigenvalue weighted by Crippen LogP contribution is -2.47. The van der Waals surface area contributed by atoms with Crippen LogP contribution in [0.5, 0.6) is 5.75 Å². The fraction of sp³-hybridized carbons (Fsp3) is 0.143. The zero-order valence-corrected chi connectivity index (χ0v) is 11.4. The second kappa shape index (κ2) is 5.14. The van der Waals surface area contributed by atoms with Gasteiger partial charge in [0.15, 0.2) is 0 Å². The van der Waals surface area contributed by atoms with Crippen molar-refractivity contribution in [2.75, 3.05) is 11.4 Å². The number of nitrogens with zero attached hydrogens (tertiary/aromatic N) is 1. The van der Waals surface area contributed by atoms with E-state index in [1.807, 2.05) is 0 Å². The van der Waals surface area contributed by atoms with Crippen LogP contribution in [0.1, 0.15) is 10.4 Å². The number of halogens is 1. The van der Waals surface area contributed by atoms with Gasteiger partial charge in [-0.2, -0.15) is 0 Å². The van der Waals surface area contributed by atoms with E-state index in [1.54, 1.807) is 24.3 Å². The van der Waals surface area contributed by atoms with Gasteiger partial charge in [-0.3, -0.25) is 4.79 Å². The maximum Gasteiger partial charge on any atom is 0.346 e. The van der Waals surface area contributed by atoms with E-state index in [-0.39, 0.29) is 17.3 Å². The van der Waals surface area contributed by atoms with Crippen molar-refractivity contribution >= 4 is 29.2 Å². The number of carboxylic acid groups (broad SMARTS) is 1. The van der Waals surface area contributed by atoms with Crippen LogP contribution < -0.4 is 9.64 Å². The molecule has 0 radical (unpaired) electrons. The molecule has 0 fully saturated rings. The van der Waals surface area contributed by atoms with E-state index in [0.29, 0.717) is 11.4 Å². The lowest BCUT2D eigenvalue weighted by atomic mass is 10.1. The first kappa shape index (κ1) is 13.5. The van der Waals surface area contributed by atoms with Crippen LogP contribution >= 0.6 is 11.6 Å². The molecule has 3 rings (SSSR count). The Morgan fingerprint density at radius 1 is 1.29 bits per heavy atom. The molecule has 21 heavy (non-hydrogen) atoms. The van der Waals surface area contributed by atoms with E-state index >= 15 is 0 Å². The quantitative estimate of drug-likeness (QED) is 0.921. The number of fused-ring (bicyclic) bond motifs is 1. The molecule has 1 atom stereocenters. The minimum atomic E-state index is -1.14. The fourth-order valence-electron chi connectivity index (χ4n) is 2.15. The zero-order chi connectivity index (χ0) is 15.0. The molecular weight excluding hydrogens is 298 g/mol. The average molecular weight is 308 g/mol. The number of anilines is 1. The molecule has 6 nitrogen and oxygen atoms in total. The minimum Gasteiger partial charge on any atom is -0.478 e. The smallest absolute Gasteiger partial charge is 0.346 e. The number of para-hydroxylation sites is 2. The molecule has 1 unspecified atom stereocenters. The lowest BCUT2D eigenvalue weighted by molar-refractivity contribution is -0.144. The van der Waals surface area contributed by atoms with Crippen molar-refractivity contribution < 1.29 is 23.8 Å². The van der Waals surface area contributed by atoms with E-state index in [2.05, 4.69) is 0 Å². The van der Waals surface area contributed by atoms with Crippen LogP contribution in [0.2, 0.25) is 5.22 Å². The molecule has 1 amide bonds. The maximum atomic E-state index is 12.5. The summed E-state index contributed by atoms with van der Waals surface area (Å²) in [7, 11) is 0. The fourth-order valence-corrected chi connectivity index (χ4v) is 2.34. The van der Waals surface area contributed by atoms with Gasteiger partial charge in [0.05, 0.1) is 24.1 Å². The molecule has 2 aromatic rings. The van der Waals surface area contributed by atoms with Gasteiger partial charge in [-0.05, 0) is 29.8 Å². The van der Waals surface area contributed by atoms with Gasteiger partial charge >= 0.3 is 5.97 Å². The summed E-state index contributed by atoms with van der Waals surface area (Å²) in [6, 6.07) is 8.18. The third-order valence-corrected chi connectivity index (χ3v) is 3.44. The van der Waals surface area contributed by atoms with Crippen LogP contribution in [0, 0.1) is 0 Å². The number of ether oxygens (including phenoxy) is 1. The van der Waals surface area contributed by atoms with E-state index in [0.717, 1.165) is 0 Å². The van der Waals surface area contributed by atoms with Gasteiger partial charge in [-0.25, -0.2) is 4.79 Å². The molecule has 0 bridgehead atoms. The first-order valence-corrected chi connectivity index (χ1v) is 6.49. The number of rotatable bonds is 2. The predicted molar refractivity (Wildman–Crippen MR) is 73.9 cm³/mol. The molecule has 1 N–H and O–H groups in total. The van der Waals surface area contributed by atoms with Crippen molar-refractivity contribution in [1.82, 2.24) is 0 Å². The number of carbonyl (C=O) groups excluding carboxylic acids is 1. The lowest BCUT2D eigenvalue weighted by Gasteiger charge is -2.32. The van der Waals surface area contributed by atoms with E-state index in [1.165, 1.54) is 17.2 Å². The molecule has 0 spiro atoms. The van der Waals surface area contributed by atoms with Crippen LogP contribution in [0.25, 0.3) is 0 Å². The number of carboxylic acids is 1. The molecule has 1 aliphatic rings. The number of furan rings is 1. The molecule has 1 aromatic heterocycles. The van der Waals surface area contributed by atoms with E-state index in [4.69, 9.17) is 25.9 Å². The summed E-state index contributed by atoms with van der Waals surface area (Å²) in [5, 5.41) is 9.11. The van der Waals surface area contributed by atoms with Gasteiger partial charge in [-0.15, -0.1) is 0 Å². The van der Waals surface area contributed by atoms with Crippen molar-refractivity contribution in [3.8, 4) is 5.75 Å². The summed E-state index contributed by atoms with van der Waals surface area (Å²) in [4.78, 5) is 25.1. The van der Waals surface area contributed by atoms with Gasteiger partial charge in [0, 0.05) is 0 Å². The molecule has 0 aliphatic carbocycles. The minimum absolute atomic E-state index is 0.0316. The summed E-state index contributed by atoms with van der Waals surface area (Å²) >= 11 is 5.82. The molecule has 0 saturated heterocycles. The predicted octanol–water partition coefficient (Wildman–Crippen LogP) is 2.43. The first-order chi connectivity index (χ1) is 10.1. The van der Waals surface area contributed by atoms with Crippen molar-refractivity contribution in [1.29, 1.82) is 0 Å². The first-order valence-electron chi connectivity index (χ1n) is 6.11. The van der Waals surface area contributed by atoms with Gasteiger partial charge < -0.3 is 19.2 Å². The Morgan fingerprint density at radius 2 is 2.05 bits per heavy atom. The zero-order valence-electron chi connectivity index (χ0n) is 10.7. The van der Waals surface area contributed by atoms with Gasteiger partial charge in [0.2, 0.25) is 11.3 Å². The van der Waals surface area contributed by atoms with E-state index in [9.17, 15) is 9.59 Å². The SMILES string of the molecule is O=C(O)C1CN(C(=O)c2ccoc2Cl)c2ccccc2O1. The Hall–Kier alpha value is -2.47. The molecule has 108 valence electrons. The number of amides is 1. The van der Waals surface area contributed by atoms with Crippen molar-refractivity contribution in [2.45, 2.75) is 6.10 Å². The van der Waals surface area contributed by atoms with Crippen LogP contribution in [-0.2, 0) is 4.79 Å². The Morgan fingerprint density at radius 3 is 2.71 bits per heavy atom. The molecule has 2 heterocycles. The van der Waals surface area contributed by atoms with Crippen molar-refractivity contribution in [3.05, 3.63) is 47.4 Å². The summed E-state index contributed by atoms with van der Waals surface area (Å²) in [5.41, 5.74) is 0.676. The number of hydrogen-bond acceptors (Lipinski definition) is 4. The second-order valence-electron chi connectivity index (χ2n) is 4.44. The van der Waals surface area contributed by atoms with Crippen molar-refractivity contribution in [2.24, 2.45) is 0 Å². The third-order valence-electron chi connectivity index (χ3n) is 3.14. The molecule has 0 saturated carbocycles. The standard InChI is InChI=1S/C14H10ClNO5/c15-12-8(5-6-20-12)13(17)16-7-11(14(18)19)21-10-4-2-1-3-9(10)16/h1-6,11H,7H2,(H,18,19). The van der Waals surface area contributed by atoms with Gasteiger partial charge in [0.25, 0.3) is 5.91 Å². The van der Waals surface area contributed by atoms with Crippen LogP contribution in [0.3, 0.4) is 0 Å². The van der Waals surface area contributed by atoms with Gasteiger partial charge in [-0.1, -0.05) is 12.1 Å². The summed E-state index contributed by atoms with van der Waals surface area (Å²) in [6.45, 7) is -0.104. The highest BCUT2D eigenvalue weighted by Crippen LogP contribution is 2.35. The van der Waals surface area contributed by atoms with Crippen LogP contribution in [-0.4, -0.2) is 29.6 Å². The number of benzene rings is 1. The highest BCUT2D eigenvalue weighted by molar-refractivity contribution is 6.33. The number of carbonyl (C=O) groups is 2. The Kier molecular flexibility index (Phi) is 3.31. The highest BCUT2D eigenvalue weighted by Gasteiger charge is 2.35. The Balaban J connectivity index is 2.02. The third kappa shape index (κ3) is 2.34. The maximum absolute atomic E-state index is 12.5. The molecule has 1 aliphatic heterocycles. The van der Waals surface area contributed by atoms with Crippen LogP contribution in [0.15, 0.2) is 41.0 Å². The molecular formula is C14H10ClNO5.